The van der Waals surface area contributed by atoms with Gasteiger partial charge in [-0.1, -0.05) is 36.4 Å². The molecule has 150 valence electrons. The Morgan fingerprint density at radius 3 is 2.52 bits per heavy atom. The second kappa shape index (κ2) is 11.0. The zero-order valence-electron chi connectivity index (χ0n) is 16.7. The summed E-state index contributed by atoms with van der Waals surface area (Å²) in [6.07, 6.45) is 2.90. The monoisotopic (exact) mass is 389 g/mol. The van der Waals surface area contributed by atoms with Gasteiger partial charge >= 0.3 is 0 Å². The number of nitrogens with one attached hydrogen (secondary N) is 2. The number of aromatic nitrogens is 1. The van der Waals surface area contributed by atoms with Crippen molar-refractivity contribution in [3.05, 3.63) is 89.7 Å². The van der Waals surface area contributed by atoms with E-state index in [2.05, 4.69) is 15.6 Å². The highest BCUT2D eigenvalue weighted by Crippen LogP contribution is 2.16. The fourth-order valence-electron chi connectivity index (χ4n) is 2.90. The summed E-state index contributed by atoms with van der Waals surface area (Å²) in [7, 11) is 0. The van der Waals surface area contributed by atoms with E-state index in [-0.39, 0.29) is 5.91 Å². The topological polar surface area (TPSA) is 63.2 Å². The van der Waals surface area contributed by atoms with Crippen LogP contribution in [-0.4, -0.2) is 17.5 Å². The van der Waals surface area contributed by atoms with Gasteiger partial charge in [0.2, 0.25) is 5.91 Å². The highest BCUT2D eigenvalue weighted by Gasteiger charge is 2.04. The Bertz CT molecular complexity index is 896. The summed E-state index contributed by atoms with van der Waals surface area (Å²) in [6.45, 7) is 4.02. The number of aryl methyl sites for hydroxylation is 1. The molecule has 1 heterocycles. The summed E-state index contributed by atoms with van der Waals surface area (Å²) in [6, 6.07) is 21.7. The minimum atomic E-state index is -0.000546. The fraction of sp³-hybridized carbons (Fsp3) is 0.250. The lowest BCUT2D eigenvalue weighted by Crippen LogP contribution is -2.14. The molecule has 0 aliphatic heterocycles. The van der Waals surface area contributed by atoms with Gasteiger partial charge in [-0.3, -0.25) is 9.78 Å². The normalized spacial score (nSPS) is 10.5. The van der Waals surface area contributed by atoms with Crippen LogP contribution in [-0.2, 0) is 17.9 Å². The third kappa shape index (κ3) is 7.05. The number of ether oxygens (including phenoxy) is 1. The zero-order valence-corrected chi connectivity index (χ0v) is 16.7. The van der Waals surface area contributed by atoms with Gasteiger partial charge in [0, 0.05) is 31.4 Å². The predicted molar refractivity (Wildman–Crippen MR) is 116 cm³/mol. The van der Waals surface area contributed by atoms with E-state index in [1.165, 1.54) is 0 Å². The first-order valence-corrected chi connectivity index (χ1v) is 9.88. The first-order valence-electron chi connectivity index (χ1n) is 9.88. The zero-order chi connectivity index (χ0) is 20.3. The number of nitrogens with zero attached hydrogens (tertiary/aromatic N) is 1. The molecule has 0 fully saturated rings. The lowest BCUT2D eigenvalue weighted by Gasteiger charge is -2.09. The summed E-state index contributed by atoms with van der Waals surface area (Å²) in [5.74, 6) is 0.875. The molecular weight excluding hydrogens is 362 g/mol. The molecular formula is C24H27N3O2. The smallest absolute Gasteiger partial charge is 0.224 e. The van der Waals surface area contributed by atoms with Crippen molar-refractivity contribution in [1.82, 2.24) is 10.3 Å². The maximum Gasteiger partial charge on any atom is 0.224 e. The van der Waals surface area contributed by atoms with Crippen molar-refractivity contribution in [3.8, 4) is 5.75 Å². The van der Waals surface area contributed by atoms with Crippen LogP contribution in [0.4, 0.5) is 5.69 Å². The molecule has 0 spiro atoms. The second-order valence-corrected chi connectivity index (χ2v) is 6.89. The van der Waals surface area contributed by atoms with E-state index in [0.29, 0.717) is 19.4 Å². The third-order valence-electron chi connectivity index (χ3n) is 4.50. The molecule has 0 atom stereocenters. The Labute approximate surface area is 172 Å². The van der Waals surface area contributed by atoms with Crippen molar-refractivity contribution >= 4 is 11.6 Å². The molecule has 0 aliphatic rings. The average molecular weight is 389 g/mol. The van der Waals surface area contributed by atoms with Crippen LogP contribution in [0.15, 0.2) is 72.9 Å². The maximum atomic E-state index is 12.1. The molecule has 2 aromatic carbocycles. The van der Waals surface area contributed by atoms with Crippen LogP contribution in [0.25, 0.3) is 0 Å². The molecule has 5 nitrogen and oxygen atoms in total. The number of carbonyl (C=O) groups excluding carboxylic acids is 1. The van der Waals surface area contributed by atoms with E-state index in [0.717, 1.165) is 41.3 Å². The molecule has 1 amide bonds. The van der Waals surface area contributed by atoms with Crippen LogP contribution in [0.5, 0.6) is 5.75 Å². The fourth-order valence-corrected chi connectivity index (χ4v) is 2.90. The number of pyridine rings is 1. The predicted octanol–water partition coefficient (Wildman–Crippen LogP) is 4.48. The van der Waals surface area contributed by atoms with E-state index in [9.17, 15) is 4.79 Å². The largest absolute Gasteiger partial charge is 0.493 e. The van der Waals surface area contributed by atoms with Gasteiger partial charge in [-0.2, -0.15) is 0 Å². The summed E-state index contributed by atoms with van der Waals surface area (Å²) in [4.78, 5) is 16.4. The number of carbonyl (C=O) groups is 1. The van der Waals surface area contributed by atoms with Crippen LogP contribution in [0.2, 0.25) is 0 Å². The number of rotatable bonds is 10. The second-order valence-electron chi connectivity index (χ2n) is 6.89. The van der Waals surface area contributed by atoms with Gasteiger partial charge in [-0.05, 0) is 54.8 Å². The number of anilines is 1. The van der Waals surface area contributed by atoms with Crippen LogP contribution in [0, 0.1) is 6.92 Å². The molecule has 0 saturated heterocycles. The summed E-state index contributed by atoms with van der Waals surface area (Å²) in [5, 5.41) is 6.30. The Hall–Kier alpha value is -3.18. The SMILES string of the molecule is Cc1ccccc1OCCCC(=O)Nc1ccc(CNCc2ccccn2)cc1. The van der Waals surface area contributed by atoms with Crippen molar-refractivity contribution in [2.45, 2.75) is 32.9 Å². The average Bonchev–Trinajstić information content (AvgIpc) is 2.74. The highest BCUT2D eigenvalue weighted by atomic mass is 16.5. The van der Waals surface area contributed by atoms with Gasteiger partial charge in [0.15, 0.2) is 0 Å². The summed E-state index contributed by atoms with van der Waals surface area (Å²) < 4.78 is 5.73. The van der Waals surface area contributed by atoms with Crippen molar-refractivity contribution < 1.29 is 9.53 Å². The van der Waals surface area contributed by atoms with Crippen LogP contribution < -0.4 is 15.4 Å². The molecule has 29 heavy (non-hydrogen) atoms. The Morgan fingerprint density at radius 1 is 0.966 bits per heavy atom. The number of para-hydroxylation sites is 1. The van der Waals surface area contributed by atoms with Gasteiger partial charge in [0.1, 0.15) is 5.75 Å². The molecule has 0 bridgehead atoms. The van der Waals surface area contributed by atoms with Gasteiger partial charge in [-0.25, -0.2) is 0 Å². The minimum absolute atomic E-state index is 0.000546. The van der Waals surface area contributed by atoms with Gasteiger partial charge < -0.3 is 15.4 Å². The van der Waals surface area contributed by atoms with E-state index in [1.54, 1.807) is 6.20 Å². The number of hydrogen-bond donors (Lipinski definition) is 2. The first-order chi connectivity index (χ1) is 14.2. The molecule has 0 aliphatic carbocycles. The van der Waals surface area contributed by atoms with E-state index in [4.69, 9.17) is 4.74 Å². The number of benzene rings is 2. The van der Waals surface area contributed by atoms with Crippen molar-refractivity contribution in [3.63, 3.8) is 0 Å². The van der Waals surface area contributed by atoms with E-state index >= 15 is 0 Å². The highest BCUT2D eigenvalue weighted by molar-refractivity contribution is 5.90. The molecule has 3 rings (SSSR count). The minimum Gasteiger partial charge on any atom is -0.493 e. The Balaban J connectivity index is 1.34. The Morgan fingerprint density at radius 2 is 1.76 bits per heavy atom. The molecule has 0 saturated carbocycles. The lowest BCUT2D eigenvalue weighted by molar-refractivity contribution is -0.116. The molecule has 0 unspecified atom stereocenters. The summed E-state index contributed by atoms with van der Waals surface area (Å²) >= 11 is 0. The van der Waals surface area contributed by atoms with Crippen LogP contribution >= 0.6 is 0 Å². The van der Waals surface area contributed by atoms with Crippen LogP contribution in [0.1, 0.15) is 29.7 Å². The Kier molecular flexibility index (Phi) is 7.78. The molecule has 5 heteroatoms. The lowest BCUT2D eigenvalue weighted by atomic mass is 10.2. The number of amides is 1. The molecule has 3 aromatic rings. The van der Waals surface area contributed by atoms with Gasteiger partial charge in [0.25, 0.3) is 0 Å². The molecule has 0 radical (unpaired) electrons. The first kappa shape index (κ1) is 20.6. The van der Waals surface area contributed by atoms with Crippen molar-refractivity contribution in [2.24, 2.45) is 0 Å². The quantitative estimate of drug-likeness (QED) is 0.502. The van der Waals surface area contributed by atoms with Gasteiger partial charge in [0.05, 0.1) is 12.3 Å². The van der Waals surface area contributed by atoms with E-state index in [1.807, 2.05) is 73.7 Å². The van der Waals surface area contributed by atoms with Crippen LogP contribution in [0.3, 0.4) is 0 Å². The maximum absolute atomic E-state index is 12.1. The number of hydrogen-bond acceptors (Lipinski definition) is 4. The van der Waals surface area contributed by atoms with Crippen molar-refractivity contribution in [1.29, 1.82) is 0 Å². The summed E-state index contributed by atoms with van der Waals surface area (Å²) in [5.41, 5.74) is 4.09. The molecule has 2 N–H and O–H groups in total. The third-order valence-corrected chi connectivity index (χ3v) is 4.50. The van der Waals surface area contributed by atoms with Gasteiger partial charge in [-0.15, -0.1) is 0 Å². The standard InChI is InChI=1S/C24H27N3O2/c1-19-7-2-3-9-23(19)29-16-6-10-24(28)27-21-13-11-20(12-14-21)17-25-18-22-8-4-5-15-26-22/h2-5,7-9,11-15,25H,6,10,16-18H2,1H3,(H,27,28). The molecule has 1 aromatic heterocycles. The van der Waals surface area contributed by atoms with E-state index < -0.39 is 0 Å². The van der Waals surface area contributed by atoms with Crippen molar-refractivity contribution in [2.75, 3.05) is 11.9 Å².